The van der Waals surface area contributed by atoms with Gasteiger partial charge in [0.2, 0.25) is 5.91 Å². The molecule has 2 unspecified atom stereocenters. The summed E-state index contributed by atoms with van der Waals surface area (Å²) in [5.41, 5.74) is 2.16. The molecular weight excluding hydrogens is 336 g/mol. The van der Waals surface area contributed by atoms with E-state index in [-0.39, 0.29) is 18.0 Å². The first-order chi connectivity index (χ1) is 12.0. The summed E-state index contributed by atoms with van der Waals surface area (Å²) in [6.07, 6.45) is 0.890. The van der Waals surface area contributed by atoms with Crippen molar-refractivity contribution in [1.82, 2.24) is 10.6 Å². The van der Waals surface area contributed by atoms with E-state index in [1.54, 1.807) is 7.11 Å². The summed E-state index contributed by atoms with van der Waals surface area (Å²) in [5.74, 6) is 0.800. The second kappa shape index (κ2) is 9.44. The van der Waals surface area contributed by atoms with Crippen LogP contribution < -0.4 is 15.4 Å². The zero-order valence-electron chi connectivity index (χ0n) is 14.9. The van der Waals surface area contributed by atoms with Gasteiger partial charge in [-0.25, -0.2) is 0 Å². The Kier molecular flexibility index (Phi) is 7.29. The van der Waals surface area contributed by atoms with Crippen molar-refractivity contribution in [2.45, 2.75) is 38.9 Å². The quantitative estimate of drug-likeness (QED) is 0.745. The summed E-state index contributed by atoms with van der Waals surface area (Å²) in [5, 5.41) is 7.03. The zero-order chi connectivity index (χ0) is 18.2. The van der Waals surface area contributed by atoms with Crippen molar-refractivity contribution < 1.29 is 9.53 Å². The predicted octanol–water partition coefficient (Wildman–Crippen LogP) is 4.09. The van der Waals surface area contributed by atoms with Crippen molar-refractivity contribution in [2.24, 2.45) is 0 Å². The van der Waals surface area contributed by atoms with Crippen molar-refractivity contribution in [1.29, 1.82) is 0 Å². The van der Waals surface area contributed by atoms with E-state index in [1.807, 2.05) is 55.5 Å². The van der Waals surface area contributed by atoms with Gasteiger partial charge in [-0.3, -0.25) is 10.1 Å². The number of hydrogen-bond donors (Lipinski definition) is 2. The van der Waals surface area contributed by atoms with Crippen LogP contribution in [0, 0.1) is 0 Å². The molecule has 2 N–H and O–H groups in total. The minimum atomic E-state index is -0.292. The third-order valence-electron chi connectivity index (χ3n) is 4.15. The van der Waals surface area contributed by atoms with E-state index in [1.165, 1.54) is 0 Å². The molecule has 0 radical (unpaired) electrons. The molecule has 0 saturated heterocycles. The minimum absolute atomic E-state index is 0.0260. The molecule has 5 heteroatoms. The predicted molar refractivity (Wildman–Crippen MR) is 102 cm³/mol. The molecule has 0 heterocycles. The lowest BCUT2D eigenvalue weighted by Crippen LogP contribution is -2.43. The molecule has 2 rings (SSSR count). The maximum Gasteiger partial charge on any atom is 0.237 e. The Morgan fingerprint density at radius 2 is 1.76 bits per heavy atom. The molecule has 25 heavy (non-hydrogen) atoms. The van der Waals surface area contributed by atoms with Gasteiger partial charge in [-0.1, -0.05) is 42.8 Å². The van der Waals surface area contributed by atoms with Crippen molar-refractivity contribution >= 4 is 17.5 Å². The lowest BCUT2D eigenvalue weighted by molar-refractivity contribution is -0.123. The lowest BCUT2D eigenvalue weighted by atomic mass is 10.0. The van der Waals surface area contributed by atoms with E-state index in [0.717, 1.165) is 23.3 Å². The number of amides is 1. The highest BCUT2D eigenvalue weighted by molar-refractivity contribution is 6.30. The molecule has 0 bridgehead atoms. The first-order valence-electron chi connectivity index (χ1n) is 8.45. The molecule has 1 amide bonds. The molecule has 4 nitrogen and oxygen atoms in total. The topological polar surface area (TPSA) is 50.4 Å². The molecule has 2 aromatic rings. The van der Waals surface area contributed by atoms with Crippen LogP contribution in [0.5, 0.6) is 5.75 Å². The summed E-state index contributed by atoms with van der Waals surface area (Å²) in [4.78, 5) is 12.3. The van der Waals surface area contributed by atoms with Gasteiger partial charge < -0.3 is 10.1 Å². The van der Waals surface area contributed by atoms with Crippen LogP contribution in [0.4, 0.5) is 0 Å². The second-order valence-corrected chi connectivity index (χ2v) is 6.40. The Morgan fingerprint density at radius 3 is 2.32 bits per heavy atom. The summed E-state index contributed by atoms with van der Waals surface area (Å²) >= 11 is 5.87. The second-order valence-electron chi connectivity index (χ2n) is 5.97. The molecule has 0 aliphatic carbocycles. The Labute approximate surface area is 154 Å². The molecule has 0 aliphatic heterocycles. The van der Waals surface area contributed by atoms with Crippen LogP contribution in [-0.4, -0.2) is 19.1 Å². The number of benzene rings is 2. The molecule has 134 valence electrons. The molecule has 0 fully saturated rings. The van der Waals surface area contributed by atoms with E-state index < -0.39 is 0 Å². The minimum Gasteiger partial charge on any atom is -0.497 e. The van der Waals surface area contributed by atoms with Gasteiger partial charge in [-0.05, 0) is 48.7 Å². The molecule has 0 aliphatic rings. The molecule has 0 aromatic heterocycles. The highest BCUT2D eigenvalue weighted by Gasteiger charge is 2.18. The fourth-order valence-corrected chi connectivity index (χ4v) is 2.73. The smallest absolute Gasteiger partial charge is 0.237 e. The molecule has 0 saturated carbocycles. The van der Waals surface area contributed by atoms with Gasteiger partial charge in [0, 0.05) is 17.6 Å². The SMILES string of the molecule is CCC(NC(C)C(=O)NCc1ccc(Cl)cc1)c1ccc(OC)cc1. The van der Waals surface area contributed by atoms with Crippen LogP contribution in [0.2, 0.25) is 5.02 Å². The largest absolute Gasteiger partial charge is 0.497 e. The third kappa shape index (κ3) is 5.76. The number of ether oxygens (including phenoxy) is 1. The van der Waals surface area contributed by atoms with Crippen LogP contribution in [0.15, 0.2) is 48.5 Å². The van der Waals surface area contributed by atoms with Gasteiger partial charge in [0.15, 0.2) is 0 Å². The van der Waals surface area contributed by atoms with E-state index in [4.69, 9.17) is 16.3 Å². The van der Waals surface area contributed by atoms with Gasteiger partial charge in [0.25, 0.3) is 0 Å². The van der Waals surface area contributed by atoms with Crippen molar-refractivity contribution in [2.75, 3.05) is 7.11 Å². The third-order valence-corrected chi connectivity index (χ3v) is 4.40. The summed E-state index contributed by atoms with van der Waals surface area (Å²) < 4.78 is 5.19. The number of carbonyl (C=O) groups is 1. The Morgan fingerprint density at radius 1 is 1.12 bits per heavy atom. The van der Waals surface area contributed by atoms with Crippen LogP contribution >= 0.6 is 11.6 Å². The van der Waals surface area contributed by atoms with E-state index >= 15 is 0 Å². The normalized spacial score (nSPS) is 13.1. The molecular formula is C20H25ClN2O2. The van der Waals surface area contributed by atoms with Gasteiger partial charge in [-0.15, -0.1) is 0 Å². The fraction of sp³-hybridized carbons (Fsp3) is 0.350. The van der Waals surface area contributed by atoms with Gasteiger partial charge >= 0.3 is 0 Å². The number of halogens is 1. The highest BCUT2D eigenvalue weighted by atomic mass is 35.5. The highest BCUT2D eigenvalue weighted by Crippen LogP contribution is 2.20. The van der Waals surface area contributed by atoms with Gasteiger partial charge in [-0.2, -0.15) is 0 Å². The molecule has 2 aromatic carbocycles. The maximum absolute atomic E-state index is 12.3. The van der Waals surface area contributed by atoms with Crippen LogP contribution in [0.1, 0.15) is 37.4 Å². The summed E-state index contributed by atoms with van der Waals surface area (Å²) in [6, 6.07) is 15.2. The summed E-state index contributed by atoms with van der Waals surface area (Å²) in [6.45, 7) is 4.46. The van der Waals surface area contributed by atoms with Crippen LogP contribution in [0.25, 0.3) is 0 Å². The van der Waals surface area contributed by atoms with Crippen molar-refractivity contribution in [3.05, 3.63) is 64.7 Å². The Balaban J connectivity index is 1.90. The fourth-order valence-electron chi connectivity index (χ4n) is 2.61. The van der Waals surface area contributed by atoms with Gasteiger partial charge in [0.1, 0.15) is 5.75 Å². The van der Waals surface area contributed by atoms with Crippen molar-refractivity contribution in [3.63, 3.8) is 0 Å². The van der Waals surface area contributed by atoms with Crippen LogP contribution in [-0.2, 0) is 11.3 Å². The number of hydrogen-bond acceptors (Lipinski definition) is 3. The summed E-state index contributed by atoms with van der Waals surface area (Å²) in [7, 11) is 1.65. The number of rotatable bonds is 8. The van der Waals surface area contributed by atoms with Gasteiger partial charge in [0.05, 0.1) is 13.2 Å². The van der Waals surface area contributed by atoms with Crippen LogP contribution in [0.3, 0.4) is 0 Å². The first kappa shape index (κ1) is 19.3. The Hall–Kier alpha value is -2.04. The van der Waals surface area contributed by atoms with E-state index in [9.17, 15) is 4.79 Å². The average Bonchev–Trinajstić information content (AvgIpc) is 2.65. The number of nitrogens with one attached hydrogen (secondary N) is 2. The van der Waals surface area contributed by atoms with E-state index in [2.05, 4.69) is 17.6 Å². The first-order valence-corrected chi connectivity index (χ1v) is 8.83. The van der Waals surface area contributed by atoms with Crippen molar-refractivity contribution in [3.8, 4) is 5.75 Å². The average molecular weight is 361 g/mol. The maximum atomic E-state index is 12.3. The Bertz CT molecular complexity index is 671. The number of carbonyl (C=O) groups excluding carboxylic acids is 1. The standard InChI is InChI=1S/C20H25ClN2O2/c1-4-19(16-7-11-18(25-3)12-8-16)23-14(2)20(24)22-13-15-5-9-17(21)10-6-15/h5-12,14,19,23H,4,13H2,1-3H3,(H,22,24). The number of methoxy groups -OCH3 is 1. The zero-order valence-corrected chi connectivity index (χ0v) is 15.6. The lowest BCUT2D eigenvalue weighted by Gasteiger charge is -2.22. The van der Waals surface area contributed by atoms with E-state index in [0.29, 0.717) is 11.6 Å². The molecule has 0 spiro atoms. The monoisotopic (exact) mass is 360 g/mol. The molecule has 2 atom stereocenters.